The second-order valence-corrected chi connectivity index (χ2v) is 7.93. The second-order valence-electron chi connectivity index (χ2n) is 7.93. The average Bonchev–Trinajstić information content (AvgIpc) is 2.87. The summed E-state index contributed by atoms with van der Waals surface area (Å²) >= 11 is 0. The molecule has 35 heavy (non-hydrogen) atoms. The van der Waals surface area contributed by atoms with Gasteiger partial charge in [-0.15, -0.1) is 0 Å². The summed E-state index contributed by atoms with van der Waals surface area (Å²) < 4.78 is 10.6. The molecule has 1 amide bonds. The fraction of sp³-hybridized carbons (Fsp3) is 0.185. The summed E-state index contributed by atoms with van der Waals surface area (Å²) in [4.78, 5) is 33.1. The van der Waals surface area contributed by atoms with Crippen LogP contribution in [0.1, 0.15) is 31.8 Å². The van der Waals surface area contributed by atoms with Crippen molar-refractivity contribution in [3.63, 3.8) is 0 Å². The highest BCUT2D eigenvalue weighted by molar-refractivity contribution is 6.06. The zero-order valence-electron chi connectivity index (χ0n) is 19.4. The summed E-state index contributed by atoms with van der Waals surface area (Å²) in [6.07, 6.45) is 1.67. The summed E-state index contributed by atoms with van der Waals surface area (Å²) in [5.74, 6) is 0.713. The van der Waals surface area contributed by atoms with Gasteiger partial charge in [0.05, 0.1) is 17.7 Å². The number of hydrogen-bond acceptors (Lipinski definition) is 7. The van der Waals surface area contributed by atoms with Crippen LogP contribution in [0.3, 0.4) is 0 Å². The third-order valence-electron chi connectivity index (χ3n) is 5.46. The molecule has 0 radical (unpaired) electrons. The number of para-hydroxylation sites is 1. The van der Waals surface area contributed by atoms with Crippen molar-refractivity contribution in [3.05, 3.63) is 95.3 Å². The zero-order valence-corrected chi connectivity index (χ0v) is 19.4. The van der Waals surface area contributed by atoms with Crippen LogP contribution >= 0.6 is 0 Å². The molecule has 0 spiro atoms. The van der Waals surface area contributed by atoms with Crippen molar-refractivity contribution in [1.82, 2.24) is 9.97 Å². The van der Waals surface area contributed by atoms with Crippen LogP contribution in [-0.2, 0) is 17.7 Å². The molecule has 0 unspecified atom stereocenters. The molecule has 4 rings (SSSR count). The minimum atomic E-state index is -0.537. The van der Waals surface area contributed by atoms with Crippen LogP contribution in [0.2, 0.25) is 0 Å². The molecule has 0 aliphatic rings. The monoisotopic (exact) mass is 470 g/mol. The molecule has 1 heterocycles. The van der Waals surface area contributed by atoms with E-state index in [2.05, 4.69) is 15.3 Å². The van der Waals surface area contributed by atoms with Crippen LogP contribution in [0.5, 0.6) is 5.75 Å². The van der Waals surface area contributed by atoms with Crippen LogP contribution in [0, 0.1) is 0 Å². The number of aromatic nitrogens is 2. The Balaban J connectivity index is 1.44. The number of nitrogens with two attached hydrogens (primary N) is 1. The smallest absolute Gasteiger partial charge is 0.250 e. The van der Waals surface area contributed by atoms with E-state index >= 15 is 0 Å². The topological polar surface area (TPSA) is 116 Å². The lowest BCUT2D eigenvalue weighted by Gasteiger charge is -2.11. The first-order valence-electron chi connectivity index (χ1n) is 11.2. The summed E-state index contributed by atoms with van der Waals surface area (Å²) in [6, 6.07) is 20.2. The molecule has 0 bridgehead atoms. The van der Waals surface area contributed by atoms with E-state index in [1.165, 1.54) is 6.33 Å². The predicted molar refractivity (Wildman–Crippen MR) is 134 cm³/mol. The number of fused-ring (bicyclic) bond motifs is 1. The molecule has 178 valence electrons. The van der Waals surface area contributed by atoms with E-state index in [9.17, 15) is 9.59 Å². The predicted octanol–water partition coefficient (Wildman–Crippen LogP) is 3.79. The highest BCUT2D eigenvalue weighted by Gasteiger charge is 2.12. The van der Waals surface area contributed by atoms with Crippen molar-refractivity contribution in [2.75, 3.05) is 25.6 Å². The Kier molecular flexibility index (Phi) is 7.64. The Bertz CT molecular complexity index is 1360. The van der Waals surface area contributed by atoms with Gasteiger partial charge in [-0.1, -0.05) is 42.5 Å². The molecular weight excluding hydrogens is 444 g/mol. The Morgan fingerprint density at radius 1 is 0.943 bits per heavy atom. The number of amides is 1. The largest absolute Gasteiger partial charge is 0.491 e. The number of nitrogens with zero attached hydrogens (tertiary/aromatic N) is 2. The summed E-state index contributed by atoms with van der Waals surface area (Å²) in [7, 11) is 1.61. The normalized spacial score (nSPS) is 10.8. The molecule has 0 fully saturated rings. The quantitative estimate of drug-likeness (QED) is 0.253. The number of methoxy groups -OCH3 is 1. The van der Waals surface area contributed by atoms with Gasteiger partial charge in [0.25, 0.3) is 5.91 Å². The molecule has 0 saturated heterocycles. The number of hydrogen-bond donors (Lipinski definition) is 2. The van der Waals surface area contributed by atoms with Crippen molar-refractivity contribution in [2.24, 2.45) is 5.73 Å². The van der Waals surface area contributed by atoms with Crippen molar-refractivity contribution >= 4 is 28.4 Å². The van der Waals surface area contributed by atoms with Gasteiger partial charge in [0.15, 0.2) is 5.78 Å². The SMILES string of the molecule is COCCOc1cccc(C(=O)Cc2cccc(CNc3ncnc4c(C(N)=O)cccc34)c2)c1. The van der Waals surface area contributed by atoms with Crippen LogP contribution in [0.4, 0.5) is 5.82 Å². The van der Waals surface area contributed by atoms with Gasteiger partial charge in [0.2, 0.25) is 0 Å². The van der Waals surface area contributed by atoms with E-state index in [0.717, 1.165) is 11.1 Å². The maximum absolute atomic E-state index is 12.9. The number of benzene rings is 3. The first-order valence-corrected chi connectivity index (χ1v) is 11.2. The molecule has 1 aromatic heterocycles. The average molecular weight is 471 g/mol. The van der Waals surface area contributed by atoms with Crippen LogP contribution in [0.25, 0.3) is 10.9 Å². The van der Waals surface area contributed by atoms with Crippen molar-refractivity contribution in [3.8, 4) is 5.75 Å². The molecule has 0 saturated carbocycles. The molecule has 8 nitrogen and oxygen atoms in total. The lowest BCUT2D eigenvalue weighted by molar-refractivity contribution is 0.0987. The third-order valence-corrected chi connectivity index (χ3v) is 5.46. The van der Waals surface area contributed by atoms with Crippen molar-refractivity contribution in [2.45, 2.75) is 13.0 Å². The standard InChI is InChI=1S/C27H26N4O4/c1-34-11-12-35-21-8-3-7-20(15-21)24(32)14-18-5-2-6-19(13-18)16-29-27-23-10-4-9-22(26(28)33)25(23)30-17-31-27/h2-10,13,15,17H,11-12,14,16H2,1H3,(H2,28,33)(H,29,30,31). The maximum atomic E-state index is 12.9. The lowest BCUT2D eigenvalue weighted by Crippen LogP contribution is -2.12. The number of primary amides is 1. The Hall–Kier alpha value is -4.30. The number of ketones is 1. The Labute approximate surface area is 203 Å². The number of nitrogens with one attached hydrogen (secondary N) is 1. The minimum Gasteiger partial charge on any atom is -0.491 e. The van der Waals surface area contributed by atoms with Gasteiger partial charge < -0.3 is 20.5 Å². The molecule has 0 atom stereocenters. The molecular formula is C27H26N4O4. The lowest BCUT2D eigenvalue weighted by atomic mass is 10.0. The van der Waals surface area contributed by atoms with Gasteiger partial charge in [-0.3, -0.25) is 9.59 Å². The zero-order chi connectivity index (χ0) is 24.6. The van der Waals surface area contributed by atoms with Gasteiger partial charge in [-0.25, -0.2) is 9.97 Å². The van der Waals surface area contributed by atoms with Crippen molar-refractivity contribution < 1.29 is 19.1 Å². The first kappa shape index (κ1) is 23.8. The second kappa shape index (κ2) is 11.2. The summed E-state index contributed by atoms with van der Waals surface area (Å²) in [6.45, 7) is 1.39. The molecule has 0 aliphatic heterocycles. The number of rotatable bonds is 11. The number of carbonyl (C=O) groups is 2. The van der Waals surface area contributed by atoms with Gasteiger partial charge in [-0.2, -0.15) is 0 Å². The maximum Gasteiger partial charge on any atom is 0.250 e. The first-order chi connectivity index (χ1) is 17.0. The highest BCUT2D eigenvalue weighted by atomic mass is 16.5. The van der Waals surface area contributed by atoms with Gasteiger partial charge in [0.1, 0.15) is 24.5 Å². The molecule has 3 aromatic carbocycles. The highest BCUT2D eigenvalue weighted by Crippen LogP contribution is 2.23. The van der Waals surface area contributed by atoms with E-state index in [1.54, 1.807) is 31.4 Å². The van der Waals surface area contributed by atoms with E-state index in [4.69, 9.17) is 15.2 Å². The Morgan fingerprint density at radius 2 is 1.74 bits per heavy atom. The molecule has 8 heteroatoms. The van der Waals surface area contributed by atoms with E-state index < -0.39 is 5.91 Å². The fourth-order valence-electron chi connectivity index (χ4n) is 3.75. The molecule has 3 N–H and O–H groups in total. The van der Waals surface area contributed by atoms with Gasteiger partial charge in [0, 0.05) is 31.0 Å². The minimum absolute atomic E-state index is 0.00748. The third kappa shape index (κ3) is 5.99. The fourth-order valence-corrected chi connectivity index (χ4v) is 3.75. The van der Waals surface area contributed by atoms with Crippen LogP contribution < -0.4 is 15.8 Å². The summed E-state index contributed by atoms with van der Waals surface area (Å²) in [5.41, 5.74) is 8.82. The number of carbonyl (C=O) groups excluding carboxylic acids is 2. The van der Waals surface area contributed by atoms with E-state index in [1.807, 2.05) is 42.5 Å². The van der Waals surface area contributed by atoms with Crippen LogP contribution in [0.15, 0.2) is 73.1 Å². The molecule has 4 aromatic rings. The van der Waals surface area contributed by atoms with E-state index in [0.29, 0.717) is 53.4 Å². The van der Waals surface area contributed by atoms with Crippen LogP contribution in [-0.4, -0.2) is 42.0 Å². The number of ether oxygens (including phenoxy) is 2. The molecule has 0 aliphatic carbocycles. The Morgan fingerprint density at radius 3 is 2.57 bits per heavy atom. The number of anilines is 1. The van der Waals surface area contributed by atoms with Crippen molar-refractivity contribution in [1.29, 1.82) is 0 Å². The van der Waals surface area contributed by atoms with Gasteiger partial charge >= 0.3 is 0 Å². The summed E-state index contributed by atoms with van der Waals surface area (Å²) in [5, 5.41) is 4.01. The van der Waals surface area contributed by atoms with E-state index in [-0.39, 0.29) is 12.2 Å². The number of Topliss-reactive ketones (excluding diaryl/α,β-unsaturated/α-hetero) is 1. The van der Waals surface area contributed by atoms with Gasteiger partial charge in [-0.05, 0) is 35.4 Å².